The Morgan fingerprint density at radius 3 is 2.62 bits per heavy atom. The molecule has 0 saturated heterocycles. The van der Waals surface area contributed by atoms with Crippen LogP contribution < -0.4 is 10.7 Å². The van der Waals surface area contributed by atoms with Gasteiger partial charge < -0.3 is 14.3 Å². The number of rotatable bonds is 5. The molecular weight excluding hydrogens is 400 g/mol. The second-order valence-electron chi connectivity index (χ2n) is 7.88. The zero-order valence-corrected chi connectivity index (χ0v) is 17.7. The van der Waals surface area contributed by atoms with Crippen LogP contribution in [0.5, 0.6) is 0 Å². The Morgan fingerprint density at radius 2 is 1.78 bits per heavy atom. The number of hydrogen-bond acceptors (Lipinski definition) is 3. The molecular formula is C27H22N2O3. The van der Waals surface area contributed by atoms with Gasteiger partial charge in [0.05, 0.1) is 5.39 Å². The first-order chi connectivity index (χ1) is 15.6. The number of para-hydroxylation sites is 1. The number of carbonyl (C=O) groups is 1. The molecule has 2 heterocycles. The van der Waals surface area contributed by atoms with Gasteiger partial charge in [0.1, 0.15) is 11.3 Å². The first kappa shape index (κ1) is 19.8. The van der Waals surface area contributed by atoms with Gasteiger partial charge in [-0.25, -0.2) is 0 Å². The molecule has 2 aromatic heterocycles. The summed E-state index contributed by atoms with van der Waals surface area (Å²) < 4.78 is 8.05. The van der Waals surface area contributed by atoms with Crippen molar-refractivity contribution in [2.24, 2.45) is 0 Å². The third kappa shape index (κ3) is 3.81. The van der Waals surface area contributed by atoms with Crippen LogP contribution in [0.2, 0.25) is 0 Å². The van der Waals surface area contributed by atoms with Crippen molar-refractivity contribution < 1.29 is 9.21 Å². The van der Waals surface area contributed by atoms with Gasteiger partial charge in [-0.15, -0.1) is 0 Å². The van der Waals surface area contributed by atoms with Gasteiger partial charge >= 0.3 is 0 Å². The minimum atomic E-state index is -0.136. The number of benzene rings is 3. The van der Waals surface area contributed by atoms with E-state index in [0.717, 1.165) is 16.6 Å². The first-order valence-electron chi connectivity index (χ1n) is 10.6. The molecule has 0 aliphatic heterocycles. The Kier molecular flexibility index (Phi) is 5.07. The third-order valence-corrected chi connectivity index (χ3v) is 5.63. The van der Waals surface area contributed by atoms with Gasteiger partial charge in [0.25, 0.3) is 5.91 Å². The van der Waals surface area contributed by atoms with Gasteiger partial charge in [0, 0.05) is 42.0 Å². The molecule has 0 unspecified atom stereocenters. The second kappa shape index (κ2) is 8.19. The predicted molar refractivity (Wildman–Crippen MR) is 127 cm³/mol. The molecule has 0 spiro atoms. The number of aromatic nitrogens is 1. The largest absolute Gasteiger partial charge is 0.456 e. The number of nitrogens with zero attached hydrogens (tertiary/aromatic N) is 1. The van der Waals surface area contributed by atoms with Crippen LogP contribution in [0.4, 0.5) is 0 Å². The monoisotopic (exact) mass is 422 g/mol. The minimum absolute atomic E-state index is 0.0793. The standard InChI is InChI=1S/C27H22N2O3/c1-18-6-11-25-22(16-18)24(30)17-26(32-25)20-7-9-21(10-8-20)27(31)28-13-15-29-14-12-19-4-2-3-5-23(19)29/h2-12,14,16-17H,13,15H2,1H3,(H,28,31). The molecule has 1 amide bonds. The first-order valence-corrected chi connectivity index (χ1v) is 10.6. The molecule has 5 nitrogen and oxygen atoms in total. The van der Waals surface area contributed by atoms with Gasteiger partial charge in [-0.05, 0) is 48.7 Å². The molecule has 32 heavy (non-hydrogen) atoms. The summed E-state index contributed by atoms with van der Waals surface area (Å²) in [6.07, 6.45) is 2.03. The summed E-state index contributed by atoms with van der Waals surface area (Å²) in [5, 5.41) is 4.72. The number of fused-ring (bicyclic) bond motifs is 2. The Morgan fingerprint density at radius 1 is 0.969 bits per heavy atom. The maximum Gasteiger partial charge on any atom is 0.251 e. The number of hydrogen-bond donors (Lipinski definition) is 1. The zero-order chi connectivity index (χ0) is 22.1. The molecule has 0 fully saturated rings. The van der Waals surface area contributed by atoms with Crippen LogP contribution in [-0.2, 0) is 6.54 Å². The van der Waals surface area contributed by atoms with Crippen LogP contribution in [0.15, 0.2) is 94.3 Å². The van der Waals surface area contributed by atoms with Crippen LogP contribution in [0.3, 0.4) is 0 Å². The topological polar surface area (TPSA) is 64.2 Å². The summed E-state index contributed by atoms with van der Waals surface area (Å²) in [7, 11) is 0. The summed E-state index contributed by atoms with van der Waals surface area (Å²) >= 11 is 0. The molecule has 3 aromatic carbocycles. The summed E-state index contributed by atoms with van der Waals surface area (Å²) in [5.74, 6) is 0.348. The van der Waals surface area contributed by atoms with Crippen molar-refractivity contribution >= 4 is 27.8 Å². The second-order valence-corrected chi connectivity index (χ2v) is 7.88. The SMILES string of the molecule is Cc1ccc2oc(-c3ccc(C(=O)NCCn4ccc5ccccc54)cc3)cc(=O)c2c1. The van der Waals surface area contributed by atoms with E-state index < -0.39 is 0 Å². The Hall–Kier alpha value is -4.12. The maximum atomic E-state index is 12.6. The molecule has 0 bridgehead atoms. The van der Waals surface area contributed by atoms with Gasteiger partial charge in [-0.3, -0.25) is 9.59 Å². The van der Waals surface area contributed by atoms with E-state index in [0.29, 0.717) is 35.4 Å². The minimum Gasteiger partial charge on any atom is -0.456 e. The average Bonchev–Trinajstić information content (AvgIpc) is 3.22. The van der Waals surface area contributed by atoms with E-state index in [9.17, 15) is 9.59 Å². The highest BCUT2D eigenvalue weighted by Crippen LogP contribution is 2.23. The lowest BCUT2D eigenvalue weighted by Gasteiger charge is -2.09. The smallest absolute Gasteiger partial charge is 0.251 e. The Bertz CT molecular complexity index is 1490. The number of nitrogens with one attached hydrogen (secondary N) is 1. The van der Waals surface area contributed by atoms with Crippen LogP contribution in [0, 0.1) is 6.92 Å². The molecule has 1 N–H and O–H groups in total. The normalized spacial score (nSPS) is 11.2. The molecule has 0 saturated carbocycles. The molecule has 0 aliphatic carbocycles. The van der Waals surface area contributed by atoms with Gasteiger partial charge in [0.15, 0.2) is 5.43 Å². The van der Waals surface area contributed by atoms with E-state index in [2.05, 4.69) is 28.1 Å². The molecule has 5 heteroatoms. The molecule has 0 radical (unpaired) electrons. The number of amides is 1. The van der Waals surface area contributed by atoms with Crippen molar-refractivity contribution in [3.8, 4) is 11.3 Å². The van der Waals surface area contributed by atoms with Crippen LogP contribution >= 0.6 is 0 Å². The van der Waals surface area contributed by atoms with Crippen LogP contribution in [-0.4, -0.2) is 17.0 Å². The lowest BCUT2D eigenvalue weighted by molar-refractivity contribution is 0.0952. The molecule has 5 aromatic rings. The molecule has 5 rings (SSSR count). The van der Waals surface area contributed by atoms with Gasteiger partial charge in [-0.2, -0.15) is 0 Å². The lowest BCUT2D eigenvalue weighted by Crippen LogP contribution is -2.27. The summed E-state index contributed by atoms with van der Waals surface area (Å²) in [4.78, 5) is 25.0. The van der Waals surface area contributed by atoms with Crippen molar-refractivity contribution in [1.82, 2.24) is 9.88 Å². The molecule has 0 atom stereocenters. The fourth-order valence-electron chi connectivity index (χ4n) is 3.93. The highest BCUT2D eigenvalue weighted by Gasteiger charge is 2.10. The highest BCUT2D eigenvalue weighted by molar-refractivity contribution is 5.94. The predicted octanol–water partition coefficient (Wildman–Crippen LogP) is 5.15. The quantitative estimate of drug-likeness (QED) is 0.426. The van der Waals surface area contributed by atoms with Crippen molar-refractivity contribution in [2.45, 2.75) is 13.5 Å². The lowest BCUT2D eigenvalue weighted by atomic mass is 10.1. The van der Waals surface area contributed by atoms with E-state index in [4.69, 9.17) is 4.42 Å². The summed E-state index contributed by atoms with van der Waals surface area (Å²) in [6, 6.07) is 24.4. The number of carbonyl (C=O) groups excluding carboxylic acids is 1. The Balaban J connectivity index is 1.28. The van der Waals surface area contributed by atoms with E-state index in [1.165, 1.54) is 11.5 Å². The molecule has 158 valence electrons. The van der Waals surface area contributed by atoms with Gasteiger partial charge in [0.2, 0.25) is 0 Å². The fourth-order valence-corrected chi connectivity index (χ4v) is 3.93. The maximum absolute atomic E-state index is 12.6. The van der Waals surface area contributed by atoms with Crippen LogP contribution in [0.25, 0.3) is 33.2 Å². The number of aryl methyl sites for hydroxylation is 1. The Labute approximate surface area is 184 Å². The molecule has 0 aliphatic rings. The highest BCUT2D eigenvalue weighted by atomic mass is 16.3. The summed E-state index contributed by atoms with van der Waals surface area (Å²) in [5.41, 5.74) is 3.95. The average molecular weight is 422 g/mol. The summed E-state index contributed by atoms with van der Waals surface area (Å²) in [6.45, 7) is 3.16. The van der Waals surface area contributed by atoms with E-state index in [1.807, 2.05) is 43.5 Å². The van der Waals surface area contributed by atoms with E-state index in [-0.39, 0.29) is 11.3 Å². The van der Waals surface area contributed by atoms with Crippen molar-refractivity contribution in [3.63, 3.8) is 0 Å². The van der Waals surface area contributed by atoms with E-state index in [1.54, 1.807) is 24.3 Å². The van der Waals surface area contributed by atoms with E-state index >= 15 is 0 Å². The van der Waals surface area contributed by atoms with Crippen molar-refractivity contribution in [2.75, 3.05) is 6.54 Å². The van der Waals surface area contributed by atoms with Crippen molar-refractivity contribution in [1.29, 1.82) is 0 Å². The van der Waals surface area contributed by atoms with Gasteiger partial charge in [-0.1, -0.05) is 42.0 Å². The van der Waals surface area contributed by atoms with Crippen molar-refractivity contribution in [3.05, 3.63) is 106 Å². The zero-order valence-electron chi connectivity index (χ0n) is 17.7. The fraction of sp³-hybridized carbons (Fsp3) is 0.111. The third-order valence-electron chi connectivity index (χ3n) is 5.63. The van der Waals surface area contributed by atoms with Crippen LogP contribution in [0.1, 0.15) is 15.9 Å².